The Morgan fingerprint density at radius 2 is 1.68 bits per heavy atom. The zero-order valence-corrected chi connectivity index (χ0v) is 14.1. The van der Waals surface area contributed by atoms with Crippen LogP contribution in [0.25, 0.3) is 22.6 Å². The molecule has 0 saturated heterocycles. The van der Waals surface area contributed by atoms with E-state index in [0.717, 1.165) is 16.8 Å². The van der Waals surface area contributed by atoms with E-state index in [0.29, 0.717) is 15.5 Å². The standard InChI is InChI=1S/C17H12BrClN2O/c1-11(22)21-15(12-5-3-2-4-6-12)16(18)20-17(21)13-7-9-14(19)10-8-13/h2-10H,1H3. The predicted molar refractivity (Wildman–Crippen MR) is 92.1 cm³/mol. The number of carbonyl (C=O) groups excluding carboxylic acids is 1. The van der Waals surface area contributed by atoms with Crippen molar-refractivity contribution >= 4 is 33.4 Å². The van der Waals surface area contributed by atoms with Crippen LogP contribution in [0, 0.1) is 0 Å². The summed E-state index contributed by atoms with van der Waals surface area (Å²) in [5.41, 5.74) is 2.51. The van der Waals surface area contributed by atoms with Gasteiger partial charge in [-0.1, -0.05) is 41.9 Å². The summed E-state index contributed by atoms with van der Waals surface area (Å²) in [6.07, 6.45) is 0. The molecule has 2 aromatic carbocycles. The smallest absolute Gasteiger partial charge is 0.229 e. The van der Waals surface area contributed by atoms with Crippen molar-refractivity contribution < 1.29 is 4.79 Å². The van der Waals surface area contributed by atoms with E-state index in [1.54, 1.807) is 16.7 Å². The lowest BCUT2D eigenvalue weighted by atomic mass is 10.1. The van der Waals surface area contributed by atoms with Crippen LogP contribution in [0.3, 0.4) is 0 Å². The number of benzene rings is 2. The Morgan fingerprint density at radius 1 is 1.05 bits per heavy atom. The molecule has 0 aliphatic rings. The van der Waals surface area contributed by atoms with E-state index in [2.05, 4.69) is 20.9 Å². The maximum atomic E-state index is 12.2. The van der Waals surface area contributed by atoms with E-state index < -0.39 is 0 Å². The molecule has 0 bridgehead atoms. The first-order valence-electron chi connectivity index (χ1n) is 6.68. The molecule has 0 N–H and O–H groups in total. The van der Waals surface area contributed by atoms with Crippen LogP contribution in [0.2, 0.25) is 5.02 Å². The van der Waals surface area contributed by atoms with Crippen molar-refractivity contribution in [3.05, 3.63) is 64.2 Å². The minimum Gasteiger partial charge on any atom is -0.274 e. The third-order valence-electron chi connectivity index (χ3n) is 3.30. The average Bonchev–Trinajstić information content (AvgIpc) is 2.86. The van der Waals surface area contributed by atoms with Crippen LogP contribution in [0.4, 0.5) is 0 Å². The Morgan fingerprint density at radius 3 is 2.27 bits per heavy atom. The second-order valence-electron chi connectivity index (χ2n) is 4.80. The second-order valence-corrected chi connectivity index (χ2v) is 5.99. The molecule has 0 amide bonds. The van der Waals surface area contributed by atoms with Gasteiger partial charge in [-0.25, -0.2) is 4.98 Å². The van der Waals surface area contributed by atoms with Crippen molar-refractivity contribution in [1.29, 1.82) is 0 Å². The summed E-state index contributed by atoms with van der Waals surface area (Å²) in [6.45, 7) is 1.53. The molecule has 0 aliphatic carbocycles. The van der Waals surface area contributed by atoms with Crippen molar-refractivity contribution in [2.75, 3.05) is 0 Å². The highest BCUT2D eigenvalue weighted by atomic mass is 79.9. The van der Waals surface area contributed by atoms with Crippen molar-refractivity contribution in [2.24, 2.45) is 0 Å². The Kier molecular flexibility index (Phi) is 4.14. The first-order chi connectivity index (χ1) is 10.6. The highest BCUT2D eigenvalue weighted by Crippen LogP contribution is 2.33. The molecular formula is C17H12BrClN2O. The van der Waals surface area contributed by atoms with Crippen LogP contribution in [0.5, 0.6) is 0 Å². The Hall–Kier alpha value is -1.91. The SMILES string of the molecule is CC(=O)n1c(-c2ccc(Cl)cc2)nc(Br)c1-c1ccccc1. The zero-order valence-electron chi connectivity index (χ0n) is 11.8. The molecule has 5 heteroatoms. The normalized spacial score (nSPS) is 10.7. The predicted octanol–water partition coefficient (Wildman–Crippen LogP) is 5.29. The average molecular weight is 376 g/mol. The number of hydrogen-bond acceptors (Lipinski definition) is 2. The van der Waals surface area contributed by atoms with Gasteiger partial charge in [-0.05, 0) is 40.2 Å². The van der Waals surface area contributed by atoms with Gasteiger partial charge in [0.2, 0.25) is 5.91 Å². The quantitative estimate of drug-likeness (QED) is 0.610. The van der Waals surface area contributed by atoms with Crippen molar-refractivity contribution in [2.45, 2.75) is 6.92 Å². The van der Waals surface area contributed by atoms with Crippen LogP contribution in [-0.4, -0.2) is 15.5 Å². The molecule has 22 heavy (non-hydrogen) atoms. The Labute approximate surface area is 141 Å². The first kappa shape index (κ1) is 15.0. The largest absolute Gasteiger partial charge is 0.274 e. The monoisotopic (exact) mass is 374 g/mol. The number of rotatable bonds is 2. The fourth-order valence-corrected chi connectivity index (χ4v) is 3.04. The summed E-state index contributed by atoms with van der Waals surface area (Å²) in [5.74, 6) is 0.497. The molecule has 0 unspecified atom stereocenters. The molecule has 0 spiro atoms. The van der Waals surface area contributed by atoms with Gasteiger partial charge in [-0.2, -0.15) is 0 Å². The molecule has 3 aromatic rings. The van der Waals surface area contributed by atoms with E-state index in [-0.39, 0.29) is 5.91 Å². The number of hydrogen-bond donors (Lipinski definition) is 0. The van der Waals surface area contributed by atoms with Crippen LogP contribution in [-0.2, 0) is 0 Å². The maximum absolute atomic E-state index is 12.2. The van der Waals surface area contributed by atoms with Crippen LogP contribution in [0.1, 0.15) is 11.7 Å². The molecule has 0 radical (unpaired) electrons. The summed E-state index contributed by atoms with van der Waals surface area (Å²) in [5, 5.41) is 0.645. The number of halogens is 2. The fourth-order valence-electron chi connectivity index (χ4n) is 2.34. The summed E-state index contributed by atoms with van der Waals surface area (Å²) in [7, 11) is 0. The van der Waals surface area contributed by atoms with Gasteiger partial charge < -0.3 is 0 Å². The maximum Gasteiger partial charge on any atom is 0.229 e. The van der Waals surface area contributed by atoms with Crippen molar-refractivity contribution in [3.63, 3.8) is 0 Å². The van der Waals surface area contributed by atoms with E-state index in [1.807, 2.05) is 42.5 Å². The number of imidazole rings is 1. The van der Waals surface area contributed by atoms with Gasteiger partial charge in [-0.15, -0.1) is 0 Å². The molecule has 0 atom stereocenters. The molecule has 3 rings (SSSR count). The fraction of sp³-hybridized carbons (Fsp3) is 0.0588. The highest BCUT2D eigenvalue weighted by molar-refractivity contribution is 9.10. The number of carbonyl (C=O) groups is 1. The molecule has 0 saturated carbocycles. The van der Waals surface area contributed by atoms with Gasteiger partial charge in [0.05, 0.1) is 5.69 Å². The van der Waals surface area contributed by atoms with Gasteiger partial charge in [0.15, 0.2) is 0 Å². The van der Waals surface area contributed by atoms with E-state index >= 15 is 0 Å². The van der Waals surface area contributed by atoms with Crippen molar-refractivity contribution in [3.8, 4) is 22.6 Å². The summed E-state index contributed by atoms with van der Waals surface area (Å²) in [4.78, 5) is 16.7. The van der Waals surface area contributed by atoms with E-state index in [4.69, 9.17) is 11.6 Å². The number of nitrogens with zero attached hydrogens (tertiary/aromatic N) is 2. The van der Waals surface area contributed by atoms with Gasteiger partial charge in [-0.3, -0.25) is 9.36 Å². The Bertz CT molecular complexity index is 826. The summed E-state index contributed by atoms with van der Waals surface area (Å²) < 4.78 is 2.25. The van der Waals surface area contributed by atoms with Crippen LogP contribution >= 0.6 is 27.5 Å². The third-order valence-corrected chi connectivity index (χ3v) is 4.10. The minimum atomic E-state index is -0.0954. The lowest BCUT2D eigenvalue weighted by Gasteiger charge is -2.08. The Balaban J connectivity index is 2.25. The van der Waals surface area contributed by atoms with E-state index in [1.165, 1.54) is 6.92 Å². The third kappa shape index (κ3) is 2.72. The van der Waals surface area contributed by atoms with Gasteiger partial charge >= 0.3 is 0 Å². The lowest BCUT2D eigenvalue weighted by Crippen LogP contribution is -2.09. The van der Waals surface area contributed by atoms with Crippen molar-refractivity contribution in [1.82, 2.24) is 9.55 Å². The molecule has 1 aromatic heterocycles. The van der Waals surface area contributed by atoms with Crippen LogP contribution in [0.15, 0.2) is 59.2 Å². The summed E-state index contributed by atoms with van der Waals surface area (Å²) in [6, 6.07) is 17.0. The second kappa shape index (κ2) is 6.07. The highest BCUT2D eigenvalue weighted by Gasteiger charge is 2.20. The summed E-state index contributed by atoms with van der Waals surface area (Å²) >= 11 is 9.40. The van der Waals surface area contributed by atoms with Gasteiger partial charge in [0.1, 0.15) is 10.4 Å². The molecule has 3 nitrogen and oxygen atoms in total. The molecular weight excluding hydrogens is 364 g/mol. The molecule has 1 heterocycles. The first-order valence-corrected chi connectivity index (χ1v) is 7.85. The molecule has 110 valence electrons. The van der Waals surface area contributed by atoms with Gasteiger partial charge in [0.25, 0.3) is 0 Å². The van der Waals surface area contributed by atoms with Gasteiger partial charge in [0, 0.05) is 23.1 Å². The number of aromatic nitrogens is 2. The molecule has 0 fully saturated rings. The minimum absolute atomic E-state index is 0.0954. The molecule has 0 aliphatic heterocycles. The lowest BCUT2D eigenvalue weighted by molar-refractivity contribution is 0.0940. The zero-order chi connectivity index (χ0) is 15.7. The van der Waals surface area contributed by atoms with Crippen LogP contribution < -0.4 is 0 Å². The topological polar surface area (TPSA) is 34.9 Å². The van der Waals surface area contributed by atoms with E-state index in [9.17, 15) is 4.79 Å².